The Balaban J connectivity index is 2.77. The van der Waals surface area contributed by atoms with Crippen molar-refractivity contribution >= 4 is 9.84 Å². The van der Waals surface area contributed by atoms with E-state index in [0.717, 1.165) is 13.1 Å². The molecule has 1 N–H and O–H groups in total. The highest BCUT2D eigenvalue weighted by Gasteiger charge is 2.36. The molecule has 1 aliphatic heterocycles. The third-order valence-electron chi connectivity index (χ3n) is 4.38. The number of nitrogens with one attached hydrogen (secondary N) is 1. The van der Waals surface area contributed by atoms with Crippen molar-refractivity contribution in [3.05, 3.63) is 0 Å². The molecule has 2 atom stereocenters. The van der Waals surface area contributed by atoms with Gasteiger partial charge < -0.3 is 5.32 Å². The minimum Gasteiger partial charge on any atom is -0.311 e. The number of rotatable bonds is 5. The fourth-order valence-corrected chi connectivity index (χ4v) is 3.59. The van der Waals surface area contributed by atoms with Crippen LogP contribution in [-0.4, -0.2) is 56.5 Å². The molecule has 20 heavy (non-hydrogen) atoms. The average molecular weight is 305 g/mol. The van der Waals surface area contributed by atoms with Crippen LogP contribution in [0.25, 0.3) is 0 Å². The molecule has 120 valence electrons. The first kappa shape index (κ1) is 17.9. The van der Waals surface area contributed by atoms with E-state index in [9.17, 15) is 8.42 Å². The molecular formula is C15H32N2O2S. The Morgan fingerprint density at radius 2 is 1.90 bits per heavy atom. The second-order valence-corrected chi connectivity index (χ2v) is 9.84. The first-order valence-corrected chi connectivity index (χ1v) is 9.57. The van der Waals surface area contributed by atoms with Crippen LogP contribution in [0.15, 0.2) is 0 Å². The van der Waals surface area contributed by atoms with Gasteiger partial charge in [-0.25, -0.2) is 8.42 Å². The zero-order valence-corrected chi connectivity index (χ0v) is 14.8. The lowest BCUT2D eigenvalue weighted by molar-refractivity contribution is 0.0513. The van der Waals surface area contributed by atoms with Crippen molar-refractivity contribution in [3.63, 3.8) is 0 Å². The zero-order valence-electron chi connectivity index (χ0n) is 13.9. The van der Waals surface area contributed by atoms with Crippen LogP contribution >= 0.6 is 0 Å². The summed E-state index contributed by atoms with van der Waals surface area (Å²) in [5.41, 5.74) is 0.158. The number of hydrogen-bond acceptors (Lipinski definition) is 4. The van der Waals surface area contributed by atoms with Gasteiger partial charge in [-0.2, -0.15) is 0 Å². The Morgan fingerprint density at radius 1 is 1.30 bits per heavy atom. The molecule has 0 aromatic heterocycles. The van der Waals surface area contributed by atoms with Gasteiger partial charge >= 0.3 is 0 Å². The summed E-state index contributed by atoms with van der Waals surface area (Å²) in [7, 11) is -2.89. The van der Waals surface area contributed by atoms with Crippen molar-refractivity contribution in [3.8, 4) is 0 Å². The highest BCUT2D eigenvalue weighted by molar-refractivity contribution is 7.91. The predicted octanol–water partition coefficient (Wildman–Crippen LogP) is 1.77. The van der Waals surface area contributed by atoms with E-state index in [2.05, 4.69) is 44.8 Å². The molecule has 1 fully saturated rings. The summed E-state index contributed by atoms with van der Waals surface area (Å²) < 4.78 is 23.5. The van der Waals surface area contributed by atoms with Crippen molar-refractivity contribution < 1.29 is 8.42 Å². The van der Waals surface area contributed by atoms with E-state index in [0.29, 0.717) is 24.5 Å². The summed E-state index contributed by atoms with van der Waals surface area (Å²) in [4.78, 5) is 2.38. The van der Waals surface area contributed by atoms with Gasteiger partial charge in [-0.3, -0.25) is 4.90 Å². The highest BCUT2D eigenvalue weighted by Crippen LogP contribution is 2.27. The van der Waals surface area contributed by atoms with Crippen LogP contribution < -0.4 is 5.32 Å². The van der Waals surface area contributed by atoms with Crippen LogP contribution in [0, 0.1) is 11.3 Å². The van der Waals surface area contributed by atoms with E-state index >= 15 is 0 Å². The normalized spacial score (nSPS) is 26.1. The van der Waals surface area contributed by atoms with E-state index < -0.39 is 9.84 Å². The monoisotopic (exact) mass is 304 g/mol. The minimum absolute atomic E-state index is 0.158. The molecule has 5 heteroatoms. The topological polar surface area (TPSA) is 49.4 Å². The number of piperazine rings is 1. The summed E-state index contributed by atoms with van der Waals surface area (Å²) in [5, 5.41) is 3.63. The van der Waals surface area contributed by atoms with Crippen molar-refractivity contribution in [1.82, 2.24) is 10.2 Å². The second-order valence-electron chi connectivity index (χ2n) is 7.37. The lowest BCUT2D eigenvalue weighted by Crippen LogP contribution is -2.62. The highest BCUT2D eigenvalue weighted by atomic mass is 32.2. The van der Waals surface area contributed by atoms with Gasteiger partial charge in [0, 0.05) is 37.5 Å². The lowest BCUT2D eigenvalue weighted by atomic mass is 9.83. The summed E-state index contributed by atoms with van der Waals surface area (Å²) in [6.45, 7) is 15.4. The SMILES string of the molecule is CCS(=O)(=O)CCN1CC(C(C)C)NCC1C(C)(C)C. The molecule has 1 heterocycles. The molecule has 0 radical (unpaired) electrons. The van der Waals surface area contributed by atoms with Gasteiger partial charge in [-0.05, 0) is 11.3 Å². The Kier molecular flexibility index (Phi) is 6.05. The van der Waals surface area contributed by atoms with E-state index in [4.69, 9.17) is 0 Å². The third-order valence-corrected chi connectivity index (χ3v) is 6.06. The zero-order chi connectivity index (χ0) is 15.6. The average Bonchev–Trinajstić information content (AvgIpc) is 2.35. The van der Waals surface area contributed by atoms with Crippen molar-refractivity contribution in [2.24, 2.45) is 11.3 Å². The molecule has 1 aliphatic rings. The Bertz CT molecular complexity index is 399. The molecule has 0 aromatic carbocycles. The maximum atomic E-state index is 11.8. The molecule has 2 unspecified atom stereocenters. The van der Waals surface area contributed by atoms with Gasteiger partial charge in [-0.1, -0.05) is 41.5 Å². The van der Waals surface area contributed by atoms with E-state index in [1.54, 1.807) is 6.92 Å². The maximum Gasteiger partial charge on any atom is 0.151 e. The number of hydrogen-bond donors (Lipinski definition) is 1. The first-order chi connectivity index (χ1) is 9.07. The predicted molar refractivity (Wildman–Crippen MR) is 85.8 cm³/mol. The fraction of sp³-hybridized carbons (Fsp3) is 1.00. The fourth-order valence-electron chi connectivity index (χ4n) is 2.78. The van der Waals surface area contributed by atoms with Crippen LogP contribution in [0.5, 0.6) is 0 Å². The smallest absolute Gasteiger partial charge is 0.151 e. The van der Waals surface area contributed by atoms with Crippen molar-refractivity contribution in [1.29, 1.82) is 0 Å². The summed E-state index contributed by atoms with van der Waals surface area (Å²) in [5.74, 6) is 1.09. The number of sulfone groups is 1. The summed E-state index contributed by atoms with van der Waals surface area (Å²) >= 11 is 0. The van der Waals surface area contributed by atoms with Gasteiger partial charge in [0.25, 0.3) is 0 Å². The molecule has 1 rings (SSSR count). The quantitative estimate of drug-likeness (QED) is 0.841. The van der Waals surface area contributed by atoms with Crippen LogP contribution in [-0.2, 0) is 9.84 Å². The maximum absolute atomic E-state index is 11.8. The second kappa shape index (κ2) is 6.75. The molecule has 4 nitrogen and oxygen atoms in total. The largest absolute Gasteiger partial charge is 0.311 e. The molecule has 0 aliphatic carbocycles. The van der Waals surface area contributed by atoms with Gasteiger partial charge in [0.05, 0.1) is 5.75 Å². The minimum atomic E-state index is -2.89. The molecule has 0 amide bonds. The van der Waals surface area contributed by atoms with Crippen LogP contribution in [0.1, 0.15) is 41.5 Å². The standard InChI is InChI=1S/C15H32N2O2S/c1-7-20(18,19)9-8-17-11-13(12(2)3)16-10-14(17)15(4,5)6/h12-14,16H,7-11H2,1-6H3. The molecule has 1 saturated heterocycles. The Labute approximate surface area is 125 Å². The summed E-state index contributed by atoms with van der Waals surface area (Å²) in [6, 6.07) is 0.850. The van der Waals surface area contributed by atoms with Crippen LogP contribution in [0.4, 0.5) is 0 Å². The van der Waals surface area contributed by atoms with Crippen LogP contribution in [0.3, 0.4) is 0 Å². The van der Waals surface area contributed by atoms with Crippen molar-refractivity contribution in [2.75, 3.05) is 31.1 Å². The first-order valence-electron chi connectivity index (χ1n) is 7.74. The lowest BCUT2D eigenvalue weighted by Gasteiger charge is -2.47. The van der Waals surface area contributed by atoms with Gasteiger partial charge in [0.1, 0.15) is 0 Å². The Hall–Kier alpha value is -0.130. The van der Waals surface area contributed by atoms with E-state index in [-0.39, 0.29) is 16.9 Å². The molecule has 0 spiro atoms. The molecule has 0 bridgehead atoms. The van der Waals surface area contributed by atoms with Gasteiger partial charge in [0.15, 0.2) is 9.84 Å². The third kappa shape index (κ3) is 5.01. The van der Waals surface area contributed by atoms with E-state index in [1.165, 1.54) is 0 Å². The summed E-state index contributed by atoms with van der Waals surface area (Å²) in [6.07, 6.45) is 0. The van der Waals surface area contributed by atoms with Crippen molar-refractivity contribution in [2.45, 2.75) is 53.6 Å². The van der Waals surface area contributed by atoms with Crippen LogP contribution in [0.2, 0.25) is 0 Å². The van der Waals surface area contributed by atoms with E-state index in [1.807, 2.05) is 0 Å². The Morgan fingerprint density at radius 3 is 2.35 bits per heavy atom. The molecule has 0 aromatic rings. The number of nitrogens with zero attached hydrogens (tertiary/aromatic N) is 1. The molecule has 0 saturated carbocycles. The van der Waals surface area contributed by atoms with Gasteiger partial charge in [-0.15, -0.1) is 0 Å². The molecular weight excluding hydrogens is 272 g/mol. The van der Waals surface area contributed by atoms with Gasteiger partial charge in [0.2, 0.25) is 0 Å².